The Bertz CT molecular complexity index is 707. The van der Waals surface area contributed by atoms with Crippen molar-refractivity contribution in [2.75, 3.05) is 0 Å². The Morgan fingerprint density at radius 2 is 2.00 bits per heavy atom. The van der Waals surface area contributed by atoms with E-state index < -0.39 is 4.92 Å². The van der Waals surface area contributed by atoms with Gasteiger partial charge in [-0.1, -0.05) is 41.9 Å². The monoisotopic (exact) mass is 316 g/mol. The molecule has 1 aromatic carbocycles. The molecule has 23 heavy (non-hydrogen) atoms. The highest BCUT2D eigenvalue weighted by Gasteiger charge is 2.21. The molecular formula is C16H20N4O3. The SMILES string of the molecule is CCC(NC(=O)Cn1nc(C)cc1[N+](=O)[O-])c1ccc(C)cc1. The summed E-state index contributed by atoms with van der Waals surface area (Å²) in [5, 5.41) is 17.9. The largest absolute Gasteiger partial charge is 0.358 e. The maximum absolute atomic E-state index is 12.2. The van der Waals surface area contributed by atoms with Crippen LogP contribution in [0.4, 0.5) is 5.82 Å². The average Bonchev–Trinajstić information content (AvgIpc) is 2.86. The van der Waals surface area contributed by atoms with E-state index in [2.05, 4.69) is 10.4 Å². The van der Waals surface area contributed by atoms with E-state index in [1.165, 1.54) is 6.07 Å². The Morgan fingerprint density at radius 1 is 1.35 bits per heavy atom. The molecule has 0 aliphatic rings. The van der Waals surface area contributed by atoms with E-state index in [9.17, 15) is 14.9 Å². The normalized spacial score (nSPS) is 12.0. The van der Waals surface area contributed by atoms with Gasteiger partial charge in [-0.3, -0.25) is 4.79 Å². The van der Waals surface area contributed by atoms with Gasteiger partial charge in [0.05, 0.1) is 17.8 Å². The minimum absolute atomic E-state index is 0.126. The Balaban J connectivity index is 2.09. The van der Waals surface area contributed by atoms with Crippen LogP contribution in [-0.4, -0.2) is 20.6 Å². The van der Waals surface area contributed by atoms with Crippen molar-refractivity contribution in [3.63, 3.8) is 0 Å². The van der Waals surface area contributed by atoms with Gasteiger partial charge >= 0.3 is 5.82 Å². The zero-order valence-corrected chi connectivity index (χ0v) is 13.4. The summed E-state index contributed by atoms with van der Waals surface area (Å²) in [6.07, 6.45) is 0.731. The van der Waals surface area contributed by atoms with Crippen LogP contribution in [0.1, 0.15) is 36.2 Å². The van der Waals surface area contributed by atoms with Gasteiger partial charge in [-0.05, 0) is 30.8 Å². The van der Waals surface area contributed by atoms with Gasteiger partial charge < -0.3 is 15.4 Å². The molecule has 7 heteroatoms. The van der Waals surface area contributed by atoms with Crippen LogP contribution in [0.5, 0.6) is 0 Å². The summed E-state index contributed by atoms with van der Waals surface area (Å²) < 4.78 is 1.12. The summed E-state index contributed by atoms with van der Waals surface area (Å²) in [7, 11) is 0. The molecule has 7 nitrogen and oxygen atoms in total. The van der Waals surface area contributed by atoms with E-state index in [4.69, 9.17) is 0 Å². The van der Waals surface area contributed by atoms with Crippen LogP contribution < -0.4 is 5.32 Å². The highest BCUT2D eigenvalue weighted by atomic mass is 16.6. The second-order valence-corrected chi connectivity index (χ2v) is 5.50. The van der Waals surface area contributed by atoms with E-state index in [1.54, 1.807) is 6.92 Å². The molecule has 0 saturated carbocycles. The summed E-state index contributed by atoms with van der Waals surface area (Å²) in [5.74, 6) is -0.482. The van der Waals surface area contributed by atoms with E-state index in [0.717, 1.165) is 22.2 Å². The fourth-order valence-corrected chi connectivity index (χ4v) is 2.39. The number of aromatic nitrogens is 2. The molecule has 0 fully saturated rings. The van der Waals surface area contributed by atoms with Gasteiger partial charge in [0.2, 0.25) is 0 Å². The Labute approximate surface area is 134 Å². The van der Waals surface area contributed by atoms with Gasteiger partial charge in [0.1, 0.15) is 0 Å². The van der Waals surface area contributed by atoms with Crippen LogP contribution in [0.3, 0.4) is 0 Å². The summed E-state index contributed by atoms with van der Waals surface area (Å²) in [6.45, 7) is 5.46. The standard InChI is InChI=1S/C16H20N4O3/c1-4-14(13-7-5-11(2)6-8-13)17-15(21)10-19-16(20(22)23)9-12(3)18-19/h5-9,14H,4,10H2,1-3H3,(H,17,21). The third-order valence-electron chi connectivity index (χ3n) is 3.58. The molecule has 2 aromatic rings. The van der Waals surface area contributed by atoms with Gasteiger partial charge in [0.25, 0.3) is 5.91 Å². The zero-order valence-electron chi connectivity index (χ0n) is 13.4. The fourth-order valence-electron chi connectivity index (χ4n) is 2.39. The van der Waals surface area contributed by atoms with Crippen LogP contribution in [-0.2, 0) is 11.3 Å². The first-order chi connectivity index (χ1) is 10.9. The van der Waals surface area contributed by atoms with Crippen molar-refractivity contribution in [2.45, 2.75) is 39.8 Å². The number of hydrogen-bond donors (Lipinski definition) is 1. The van der Waals surface area contributed by atoms with Gasteiger partial charge in [0.15, 0.2) is 6.54 Å². The summed E-state index contributed by atoms with van der Waals surface area (Å²) in [4.78, 5) is 22.6. The van der Waals surface area contributed by atoms with Crippen LogP contribution in [0, 0.1) is 24.0 Å². The highest BCUT2D eigenvalue weighted by Crippen LogP contribution is 2.18. The fraction of sp³-hybridized carbons (Fsp3) is 0.375. The molecule has 1 N–H and O–H groups in total. The van der Waals surface area contributed by atoms with Gasteiger partial charge in [-0.15, -0.1) is 4.68 Å². The van der Waals surface area contributed by atoms with Crippen molar-refractivity contribution in [1.82, 2.24) is 15.1 Å². The van der Waals surface area contributed by atoms with Crippen molar-refractivity contribution in [3.8, 4) is 0 Å². The Hall–Kier alpha value is -2.70. The van der Waals surface area contributed by atoms with Crippen molar-refractivity contribution in [3.05, 3.63) is 57.3 Å². The molecule has 1 amide bonds. The number of carbonyl (C=O) groups is 1. The van der Waals surface area contributed by atoms with Crippen LogP contribution in [0.15, 0.2) is 30.3 Å². The Kier molecular flexibility index (Phi) is 5.10. The van der Waals surface area contributed by atoms with Gasteiger partial charge in [0, 0.05) is 0 Å². The van der Waals surface area contributed by atoms with Crippen LogP contribution in [0.25, 0.3) is 0 Å². The lowest BCUT2D eigenvalue weighted by Crippen LogP contribution is -2.31. The second-order valence-electron chi connectivity index (χ2n) is 5.50. The average molecular weight is 316 g/mol. The first-order valence-electron chi connectivity index (χ1n) is 7.45. The summed E-state index contributed by atoms with van der Waals surface area (Å²) >= 11 is 0. The lowest BCUT2D eigenvalue weighted by atomic mass is 10.0. The molecule has 1 aromatic heterocycles. The number of carbonyl (C=O) groups excluding carboxylic acids is 1. The van der Waals surface area contributed by atoms with Crippen molar-refractivity contribution in [2.24, 2.45) is 0 Å². The van der Waals surface area contributed by atoms with Crippen LogP contribution in [0.2, 0.25) is 0 Å². The van der Waals surface area contributed by atoms with E-state index in [-0.39, 0.29) is 24.3 Å². The molecule has 0 radical (unpaired) electrons. The third kappa shape index (κ3) is 4.15. The topological polar surface area (TPSA) is 90.1 Å². The molecule has 1 atom stereocenters. The number of nitrogens with zero attached hydrogens (tertiary/aromatic N) is 3. The first kappa shape index (κ1) is 16.7. The predicted octanol–water partition coefficient (Wildman–Crippen LogP) is 2.68. The maximum atomic E-state index is 12.2. The quantitative estimate of drug-likeness (QED) is 0.655. The van der Waals surface area contributed by atoms with Crippen molar-refractivity contribution >= 4 is 11.7 Å². The van der Waals surface area contributed by atoms with E-state index in [1.807, 2.05) is 38.1 Å². The molecule has 1 unspecified atom stereocenters. The molecule has 0 spiro atoms. The van der Waals surface area contributed by atoms with E-state index in [0.29, 0.717) is 5.69 Å². The highest BCUT2D eigenvalue weighted by molar-refractivity contribution is 5.76. The number of aryl methyl sites for hydroxylation is 2. The molecular weight excluding hydrogens is 296 g/mol. The van der Waals surface area contributed by atoms with Crippen molar-refractivity contribution < 1.29 is 9.72 Å². The lowest BCUT2D eigenvalue weighted by Gasteiger charge is -2.17. The molecule has 0 aliphatic heterocycles. The number of benzene rings is 1. The molecule has 2 rings (SSSR count). The number of rotatable bonds is 6. The van der Waals surface area contributed by atoms with Crippen LogP contribution >= 0.6 is 0 Å². The molecule has 0 aliphatic carbocycles. The minimum Gasteiger partial charge on any atom is -0.358 e. The smallest absolute Gasteiger partial charge is 0.345 e. The van der Waals surface area contributed by atoms with Gasteiger partial charge in [-0.2, -0.15) is 0 Å². The number of nitrogens with one attached hydrogen (secondary N) is 1. The molecule has 0 saturated heterocycles. The number of nitro groups is 1. The summed E-state index contributed by atoms with van der Waals surface area (Å²) in [6, 6.07) is 9.16. The number of hydrogen-bond acceptors (Lipinski definition) is 4. The molecule has 122 valence electrons. The second kappa shape index (κ2) is 7.04. The Morgan fingerprint density at radius 3 is 2.57 bits per heavy atom. The maximum Gasteiger partial charge on any atom is 0.345 e. The lowest BCUT2D eigenvalue weighted by molar-refractivity contribution is -0.392. The van der Waals surface area contributed by atoms with Gasteiger partial charge in [-0.25, -0.2) is 0 Å². The predicted molar refractivity (Wildman–Crippen MR) is 86.0 cm³/mol. The summed E-state index contributed by atoms with van der Waals surface area (Å²) in [5.41, 5.74) is 2.67. The zero-order chi connectivity index (χ0) is 17.0. The minimum atomic E-state index is -0.537. The number of amides is 1. The third-order valence-corrected chi connectivity index (χ3v) is 3.58. The molecule has 1 heterocycles. The molecule has 0 bridgehead atoms. The van der Waals surface area contributed by atoms with E-state index >= 15 is 0 Å². The van der Waals surface area contributed by atoms with Crippen molar-refractivity contribution in [1.29, 1.82) is 0 Å². The first-order valence-corrected chi connectivity index (χ1v) is 7.45.